The number of hydrogen-bond donors (Lipinski definition) is 1. The lowest BCUT2D eigenvalue weighted by atomic mass is 10.2. The zero-order valence-corrected chi connectivity index (χ0v) is 10.7. The fourth-order valence-electron chi connectivity index (χ4n) is 1.96. The van der Waals surface area contributed by atoms with Gasteiger partial charge in [-0.1, -0.05) is 24.3 Å². The number of nitrogens with zero attached hydrogens (tertiary/aromatic N) is 3. The number of anilines is 1. The minimum absolute atomic E-state index is 0.773. The van der Waals surface area contributed by atoms with Crippen molar-refractivity contribution in [1.82, 2.24) is 15.0 Å². The lowest BCUT2D eigenvalue weighted by Crippen LogP contribution is -2.01. The fraction of sp³-hybridized carbons (Fsp3) is 0.133. The first kappa shape index (κ1) is 11.6. The molecule has 0 aliphatic rings. The van der Waals surface area contributed by atoms with E-state index in [-0.39, 0.29) is 0 Å². The van der Waals surface area contributed by atoms with Crippen LogP contribution in [0.2, 0.25) is 0 Å². The van der Waals surface area contributed by atoms with Crippen molar-refractivity contribution in [3.63, 3.8) is 0 Å². The van der Waals surface area contributed by atoms with Gasteiger partial charge >= 0.3 is 0 Å². The predicted molar refractivity (Wildman–Crippen MR) is 76.9 cm³/mol. The van der Waals surface area contributed by atoms with Crippen molar-refractivity contribution in [3.8, 4) is 11.4 Å². The second-order valence-electron chi connectivity index (χ2n) is 4.21. The zero-order chi connectivity index (χ0) is 13.1. The van der Waals surface area contributed by atoms with Crippen LogP contribution in [0.5, 0.6) is 0 Å². The van der Waals surface area contributed by atoms with Gasteiger partial charge in [0.2, 0.25) is 0 Å². The van der Waals surface area contributed by atoms with Crippen LogP contribution in [0.1, 0.15) is 6.92 Å². The summed E-state index contributed by atoms with van der Waals surface area (Å²) in [4.78, 5) is 13.3. The Labute approximate surface area is 111 Å². The van der Waals surface area contributed by atoms with Crippen molar-refractivity contribution in [2.24, 2.45) is 0 Å². The van der Waals surface area contributed by atoms with E-state index in [0.29, 0.717) is 0 Å². The van der Waals surface area contributed by atoms with Crippen LogP contribution in [0.15, 0.2) is 48.8 Å². The maximum atomic E-state index is 4.62. The number of rotatable bonds is 3. The molecule has 0 atom stereocenters. The lowest BCUT2D eigenvalue weighted by molar-refractivity contribution is 1.12. The number of pyridine rings is 1. The van der Waals surface area contributed by atoms with E-state index < -0.39 is 0 Å². The molecule has 3 rings (SSSR count). The minimum atomic E-state index is 0.773. The summed E-state index contributed by atoms with van der Waals surface area (Å²) >= 11 is 0. The third kappa shape index (κ3) is 2.38. The molecule has 2 aromatic heterocycles. The number of fused-ring (bicyclic) bond motifs is 1. The van der Waals surface area contributed by atoms with Crippen LogP contribution >= 0.6 is 0 Å². The quantitative estimate of drug-likeness (QED) is 0.776. The highest BCUT2D eigenvalue weighted by Crippen LogP contribution is 2.19. The van der Waals surface area contributed by atoms with E-state index in [0.717, 1.165) is 34.7 Å². The molecule has 4 nitrogen and oxygen atoms in total. The minimum Gasteiger partial charge on any atom is -0.369 e. The largest absolute Gasteiger partial charge is 0.369 e. The van der Waals surface area contributed by atoms with Crippen molar-refractivity contribution in [3.05, 3.63) is 48.8 Å². The van der Waals surface area contributed by atoms with Gasteiger partial charge in [0.25, 0.3) is 0 Å². The summed E-state index contributed by atoms with van der Waals surface area (Å²) in [5.74, 6) is 0.773. The molecule has 94 valence electrons. The van der Waals surface area contributed by atoms with Crippen LogP contribution in [-0.4, -0.2) is 21.5 Å². The van der Waals surface area contributed by atoms with Gasteiger partial charge < -0.3 is 5.32 Å². The van der Waals surface area contributed by atoms with Crippen LogP contribution in [0.25, 0.3) is 22.3 Å². The van der Waals surface area contributed by atoms with Crippen molar-refractivity contribution in [1.29, 1.82) is 0 Å². The molecule has 0 amide bonds. The molecule has 0 fully saturated rings. The first-order valence-corrected chi connectivity index (χ1v) is 6.29. The summed E-state index contributed by atoms with van der Waals surface area (Å²) in [5, 5.41) is 4.28. The number of para-hydroxylation sites is 1. The molecule has 1 aromatic carbocycles. The predicted octanol–water partition coefficient (Wildman–Crippen LogP) is 3.12. The summed E-state index contributed by atoms with van der Waals surface area (Å²) < 4.78 is 0. The van der Waals surface area contributed by atoms with Crippen LogP contribution < -0.4 is 5.32 Å². The van der Waals surface area contributed by atoms with Gasteiger partial charge in [-0.2, -0.15) is 0 Å². The summed E-state index contributed by atoms with van der Waals surface area (Å²) in [6.07, 6.45) is 3.45. The van der Waals surface area contributed by atoms with Gasteiger partial charge in [-0.3, -0.25) is 4.98 Å². The Balaban J connectivity index is 2.05. The average Bonchev–Trinajstić information content (AvgIpc) is 2.47. The highest BCUT2D eigenvalue weighted by molar-refractivity contribution is 5.80. The molecule has 0 spiro atoms. The van der Waals surface area contributed by atoms with E-state index in [1.54, 1.807) is 12.4 Å². The van der Waals surface area contributed by atoms with Crippen molar-refractivity contribution in [2.75, 3.05) is 11.9 Å². The zero-order valence-electron chi connectivity index (χ0n) is 10.7. The van der Waals surface area contributed by atoms with Gasteiger partial charge in [0.1, 0.15) is 11.5 Å². The molecular formula is C15H14N4. The monoisotopic (exact) mass is 250 g/mol. The molecule has 2 heterocycles. The Kier molecular flexibility index (Phi) is 3.06. The highest BCUT2D eigenvalue weighted by atomic mass is 15.0. The Hall–Kier alpha value is -2.49. The van der Waals surface area contributed by atoms with E-state index in [9.17, 15) is 0 Å². The summed E-state index contributed by atoms with van der Waals surface area (Å²) in [7, 11) is 0. The average molecular weight is 250 g/mol. The van der Waals surface area contributed by atoms with Crippen LogP contribution in [0.3, 0.4) is 0 Å². The molecule has 0 saturated carbocycles. The normalized spacial score (nSPS) is 10.6. The third-order valence-electron chi connectivity index (χ3n) is 2.85. The lowest BCUT2D eigenvalue weighted by Gasteiger charge is -2.05. The van der Waals surface area contributed by atoms with Gasteiger partial charge in [0, 0.05) is 11.9 Å². The maximum absolute atomic E-state index is 4.62. The van der Waals surface area contributed by atoms with Gasteiger partial charge in [0.05, 0.1) is 23.6 Å². The standard InChI is InChI=1S/C15H14N4/c1-2-17-15-10-16-9-14(19-15)13-8-7-11-5-3-4-6-12(11)18-13/h3-10H,2H2,1H3,(H,17,19). The van der Waals surface area contributed by atoms with Crippen molar-refractivity contribution in [2.45, 2.75) is 6.92 Å². The van der Waals surface area contributed by atoms with Gasteiger partial charge in [-0.05, 0) is 19.1 Å². The van der Waals surface area contributed by atoms with Gasteiger partial charge in [-0.25, -0.2) is 9.97 Å². The molecule has 0 bridgehead atoms. The Morgan fingerprint density at radius 1 is 0.947 bits per heavy atom. The SMILES string of the molecule is CCNc1cncc(-c2ccc3ccccc3n2)n1. The molecule has 1 N–H and O–H groups in total. The number of hydrogen-bond acceptors (Lipinski definition) is 4. The molecule has 0 unspecified atom stereocenters. The van der Waals surface area contributed by atoms with E-state index in [1.807, 2.05) is 37.3 Å². The van der Waals surface area contributed by atoms with Crippen LogP contribution in [-0.2, 0) is 0 Å². The van der Waals surface area contributed by atoms with E-state index in [2.05, 4.69) is 26.3 Å². The first-order chi connectivity index (χ1) is 9.36. The topological polar surface area (TPSA) is 50.7 Å². The van der Waals surface area contributed by atoms with Crippen LogP contribution in [0, 0.1) is 0 Å². The summed E-state index contributed by atoms with van der Waals surface area (Å²) in [6, 6.07) is 12.1. The smallest absolute Gasteiger partial charge is 0.145 e. The molecular weight excluding hydrogens is 236 g/mol. The molecule has 3 aromatic rings. The van der Waals surface area contributed by atoms with Gasteiger partial charge in [0.15, 0.2) is 0 Å². The molecule has 0 radical (unpaired) electrons. The van der Waals surface area contributed by atoms with Crippen LogP contribution in [0.4, 0.5) is 5.82 Å². The summed E-state index contributed by atoms with van der Waals surface area (Å²) in [6.45, 7) is 2.85. The second-order valence-corrected chi connectivity index (χ2v) is 4.21. The molecule has 0 saturated heterocycles. The molecule has 0 aliphatic heterocycles. The maximum Gasteiger partial charge on any atom is 0.145 e. The second kappa shape index (κ2) is 5.02. The Bertz CT molecular complexity index is 709. The molecule has 19 heavy (non-hydrogen) atoms. The third-order valence-corrected chi connectivity index (χ3v) is 2.85. The molecule has 0 aliphatic carbocycles. The highest BCUT2D eigenvalue weighted by Gasteiger charge is 2.04. The first-order valence-electron chi connectivity index (χ1n) is 6.29. The number of benzene rings is 1. The van der Waals surface area contributed by atoms with E-state index in [4.69, 9.17) is 0 Å². The Morgan fingerprint density at radius 2 is 1.84 bits per heavy atom. The number of nitrogens with one attached hydrogen (secondary N) is 1. The van der Waals surface area contributed by atoms with E-state index >= 15 is 0 Å². The summed E-state index contributed by atoms with van der Waals surface area (Å²) in [5.41, 5.74) is 2.59. The van der Waals surface area contributed by atoms with Crippen molar-refractivity contribution >= 4 is 16.7 Å². The fourth-order valence-corrected chi connectivity index (χ4v) is 1.96. The van der Waals surface area contributed by atoms with Crippen molar-refractivity contribution < 1.29 is 0 Å². The Morgan fingerprint density at radius 3 is 2.74 bits per heavy atom. The van der Waals surface area contributed by atoms with E-state index in [1.165, 1.54) is 0 Å². The number of aromatic nitrogens is 3. The molecule has 4 heteroatoms. The van der Waals surface area contributed by atoms with Gasteiger partial charge in [-0.15, -0.1) is 0 Å².